The summed E-state index contributed by atoms with van der Waals surface area (Å²) < 4.78 is 0. The van der Waals surface area contributed by atoms with Gasteiger partial charge in [-0.1, -0.05) is 26.2 Å². The van der Waals surface area contributed by atoms with Gasteiger partial charge in [-0.25, -0.2) is 0 Å². The molecule has 19 heavy (non-hydrogen) atoms. The fourth-order valence-corrected chi connectivity index (χ4v) is 2.36. The maximum atomic E-state index is 9.77. The number of hydrogen-bond donors (Lipinski definition) is 3. The van der Waals surface area contributed by atoms with Gasteiger partial charge in [0.2, 0.25) is 0 Å². The molecule has 0 spiro atoms. The van der Waals surface area contributed by atoms with E-state index in [-0.39, 0.29) is 30.1 Å². The van der Waals surface area contributed by atoms with Crippen molar-refractivity contribution in [3.05, 3.63) is 0 Å². The summed E-state index contributed by atoms with van der Waals surface area (Å²) in [6, 6.07) is 0. The van der Waals surface area contributed by atoms with Crippen LogP contribution in [-0.4, -0.2) is 36.8 Å². The minimum atomic E-state index is -0.142. The minimum absolute atomic E-state index is 0. The van der Waals surface area contributed by atoms with E-state index in [1.54, 1.807) is 0 Å². The molecule has 0 aliphatic heterocycles. The zero-order valence-electron chi connectivity index (χ0n) is 12.3. The molecule has 0 amide bonds. The van der Waals surface area contributed by atoms with Crippen LogP contribution in [0.5, 0.6) is 0 Å². The highest BCUT2D eigenvalue weighted by Gasteiger charge is 2.24. The molecule has 1 aliphatic carbocycles. The number of rotatable bonds is 7. The van der Waals surface area contributed by atoms with Crippen LogP contribution >= 0.6 is 24.0 Å². The fourth-order valence-electron chi connectivity index (χ4n) is 2.36. The van der Waals surface area contributed by atoms with Crippen LogP contribution in [0.25, 0.3) is 0 Å². The van der Waals surface area contributed by atoms with Gasteiger partial charge >= 0.3 is 0 Å². The third-order valence-electron chi connectivity index (χ3n) is 3.52. The Hall–Kier alpha value is -0.0400. The number of hydrogen-bond acceptors (Lipinski definition) is 2. The number of unbranched alkanes of at least 4 members (excludes halogenated alkanes) is 2. The van der Waals surface area contributed by atoms with Gasteiger partial charge in [-0.15, -0.1) is 24.0 Å². The Kier molecular flexibility index (Phi) is 11.7. The standard InChI is InChI=1S/C14H29N3O.HI/c1-3-5-6-10-16-14(15-4-2)17-11-12-8-7-9-13(12)18;/h12-13,18H,3-11H2,1-2H3,(H2,15,16,17);1H. The highest BCUT2D eigenvalue weighted by atomic mass is 127. The molecule has 4 nitrogen and oxygen atoms in total. The molecule has 114 valence electrons. The van der Waals surface area contributed by atoms with E-state index in [0.717, 1.165) is 44.9 Å². The molecule has 2 atom stereocenters. The molecule has 1 aliphatic rings. The van der Waals surface area contributed by atoms with Crippen molar-refractivity contribution in [2.45, 2.75) is 58.5 Å². The summed E-state index contributed by atoms with van der Waals surface area (Å²) in [5.41, 5.74) is 0. The second kappa shape index (κ2) is 11.8. The fraction of sp³-hybridized carbons (Fsp3) is 0.929. The Morgan fingerprint density at radius 3 is 2.58 bits per heavy atom. The van der Waals surface area contributed by atoms with Gasteiger partial charge in [0.25, 0.3) is 0 Å². The largest absolute Gasteiger partial charge is 0.393 e. The topological polar surface area (TPSA) is 56.7 Å². The van der Waals surface area contributed by atoms with Crippen LogP contribution in [0.4, 0.5) is 0 Å². The lowest BCUT2D eigenvalue weighted by molar-refractivity contribution is 0.136. The van der Waals surface area contributed by atoms with Crippen molar-refractivity contribution >= 4 is 29.9 Å². The lowest BCUT2D eigenvalue weighted by Gasteiger charge is -2.14. The molecule has 5 heteroatoms. The Labute approximate surface area is 134 Å². The van der Waals surface area contributed by atoms with E-state index < -0.39 is 0 Å². The number of guanidine groups is 1. The number of aliphatic imine (C=N–C) groups is 1. The van der Waals surface area contributed by atoms with E-state index in [2.05, 4.69) is 29.5 Å². The minimum Gasteiger partial charge on any atom is -0.393 e. The zero-order chi connectivity index (χ0) is 13.2. The van der Waals surface area contributed by atoms with Gasteiger partial charge in [0, 0.05) is 25.6 Å². The number of nitrogens with zero attached hydrogens (tertiary/aromatic N) is 1. The molecule has 0 heterocycles. The average Bonchev–Trinajstić information content (AvgIpc) is 2.77. The molecule has 3 N–H and O–H groups in total. The van der Waals surface area contributed by atoms with Gasteiger partial charge in [-0.3, -0.25) is 4.99 Å². The molecule has 2 unspecified atom stereocenters. The summed E-state index contributed by atoms with van der Waals surface area (Å²) in [6.45, 7) is 6.89. The highest BCUT2D eigenvalue weighted by molar-refractivity contribution is 14.0. The van der Waals surface area contributed by atoms with Crippen LogP contribution in [-0.2, 0) is 0 Å². The Bertz CT molecular complexity index is 249. The molecule has 1 fully saturated rings. The number of halogens is 1. The monoisotopic (exact) mass is 383 g/mol. The maximum absolute atomic E-state index is 9.77. The number of nitrogens with one attached hydrogen (secondary N) is 2. The van der Waals surface area contributed by atoms with Gasteiger partial charge in [0.05, 0.1) is 6.10 Å². The van der Waals surface area contributed by atoms with Crippen LogP contribution in [0.2, 0.25) is 0 Å². The first-order chi connectivity index (χ1) is 8.77. The van der Waals surface area contributed by atoms with Crippen molar-refractivity contribution < 1.29 is 5.11 Å². The van der Waals surface area contributed by atoms with Gasteiger partial charge < -0.3 is 15.7 Å². The third-order valence-corrected chi connectivity index (χ3v) is 3.52. The van der Waals surface area contributed by atoms with E-state index >= 15 is 0 Å². The molecule has 0 aromatic heterocycles. The predicted molar refractivity (Wildman–Crippen MR) is 92.3 cm³/mol. The molecule has 0 saturated heterocycles. The van der Waals surface area contributed by atoms with Gasteiger partial charge in [-0.05, 0) is 26.2 Å². The van der Waals surface area contributed by atoms with Crippen LogP contribution in [0.3, 0.4) is 0 Å². The van der Waals surface area contributed by atoms with Crippen LogP contribution in [0.1, 0.15) is 52.4 Å². The summed E-state index contributed by atoms with van der Waals surface area (Å²) in [7, 11) is 0. The van der Waals surface area contributed by atoms with Crippen molar-refractivity contribution in [3.8, 4) is 0 Å². The second-order valence-electron chi connectivity index (χ2n) is 5.11. The van der Waals surface area contributed by atoms with E-state index in [1.165, 1.54) is 19.3 Å². The van der Waals surface area contributed by atoms with E-state index in [1.807, 2.05) is 0 Å². The maximum Gasteiger partial charge on any atom is 0.191 e. The van der Waals surface area contributed by atoms with Crippen molar-refractivity contribution in [2.24, 2.45) is 10.9 Å². The van der Waals surface area contributed by atoms with E-state index in [4.69, 9.17) is 0 Å². The van der Waals surface area contributed by atoms with Crippen LogP contribution in [0, 0.1) is 5.92 Å². The third kappa shape index (κ3) is 7.97. The normalized spacial score (nSPS) is 23.0. The van der Waals surface area contributed by atoms with Crippen LogP contribution in [0.15, 0.2) is 4.99 Å². The summed E-state index contributed by atoms with van der Waals surface area (Å²) >= 11 is 0. The lowest BCUT2D eigenvalue weighted by Crippen LogP contribution is -2.38. The van der Waals surface area contributed by atoms with Crippen molar-refractivity contribution in [1.82, 2.24) is 10.6 Å². The second-order valence-corrected chi connectivity index (χ2v) is 5.11. The molecule has 0 aromatic rings. The molecular weight excluding hydrogens is 353 g/mol. The predicted octanol–water partition coefficient (Wildman–Crippen LogP) is 2.51. The number of aliphatic hydroxyl groups excluding tert-OH is 1. The Morgan fingerprint density at radius 2 is 2.00 bits per heavy atom. The summed E-state index contributed by atoms with van der Waals surface area (Å²) in [6.07, 6.45) is 6.74. The van der Waals surface area contributed by atoms with Gasteiger partial charge in [0.15, 0.2) is 5.96 Å². The smallest absolute Gasteiger partial charge is 0.191 e. The quantitative estimate of drug-likeness (QED) is 0.274. The Balaban J connectivity index is 0.00000324. The van der Waals surface area contributed by atoms with Crippen molar-refractivity contribution in [1.29, 1.82) is 0 Å². The number of aliphatic hydroxyl groups is 1. The summed E-state index contributed by atoms with van der Waals surface area (Å²) in [5.74, 6) is 1.25. The first-order valence-electron chi connectivity index (χ1n) is 7.48. The Morgan fingerprint density at radius 1 is 1.21 bits per heavy atom. The zero-order valence-corrected chi connectivity index (χ0v) is 14.7. The first kappa shape index (κ1) is 19.0. The first-order valence-corrected chi connectivity index (χ1v) is 7.48. The molecule has 0 radical (unpaired) electrons. The van der Waals surface area contributed by atoms with E-state index in [0.29, 0.717) is 5.92 Å². The molecule has 1 saturated carbocycles. The lowest BCUT2D eigenvalue weighted by atomic mass is 10.1. The molecule has 1 rings (SSSR count). The van der Waals surface area contributed by atoms with Gasteiger partial charge in [-0.2, -0.15) is 0 Å². The molecular formula is C14H30IN3O. The molecule has 0 bridgehead atoms. The highest BCUT2D eigenvalue weighted by Crippen LogP contribution is 2.25. The summed E-state index contributed by atoms with van der Waals surface area (Å²) in [5, 5.41) is 16.4. The van der Waals surface area contributed by atoms with Crippen molar-refractivity contribution in [2.75, 3.05) is 19.6 Å². The summed E-state index contributed by atoms with van der Waals surface area (Å²) in [4.78, 5) is 4.58. The van der Waals surface area contributed by atoms with E-state index in [9.17, 15) is 5.11 Å². The van der Waals surface area contributed by atoms with Crippen LogP contribution < -0.4 is 10.6 Å². The van der Waals surface area contributed by atoms with Gasteiger partial charge in [0.1, 0.15) is 0 Å². The SMILES string of the molecule is CCCCCNC(=NCC1CCCC1O)NCC.I. The van der Waals surface area contributed by atoms with Crippen molar-refractivity contribution in [3.63, 3.8) is 0 Å². The molecule has 0 aromatic carbocycles. The average molecular weight is 383 g/mol.